The molecule has 1 aliphatic carbocycles. The van der Waals surface area contributed by atoms with Gasteiger partial charge in [-0.25, -0.2) is 14.4 Å². The van der Waals surface area contributed by atoms with Crippen LogP contribution < -0.4 is 0 Å². The first kappa shape index (κ1) is 18.1. The fraction of sp³-hybridized carbons (Fsp3) is 0.375. The van der Waals surface area contributed by atoms with Crippen molar-refractivity contribution in [2.75, 3.05) is 6.26 Å². The number of halogens is 3. The molecular weight excluding hydrogens is 419 g/mol. The topological polar surface area (TPSA) is 66.2 Å². The van der Waals surface area contributed by atoms with Crippen LogP contribution in [-0.4, -0.2) is 26.4 Å². The van der Waals surface area contributed by atoms with Gasteiger partial charge >= 0.3 is 0 Å². The lowest BCUT2D eigenvalue weighted by Gasteiger charge is -2.25. The molecule has 1 aromatic heterocycles. The quantitative estimate of drug-likeness (QED) is 0.438. The number of nitrogens with zero attached hydrogens (tertiary/aromatic N) is 2. The predicted molar refractivity (Wildman–Crippen MR) is 94.8 cm³/mol. The molecule has 1 atom stereocenters. The third kappa shape index (κ3) is 3.08. The van der Waals surface area contributed by atoms with E-state index in [1.165, 1.54) is 11.8 Å². The highest BCUT2D eigenvalue weighted by molar-refractivity contribution is 9.10. The van der Waals surface area contributed by atoms with E-state index in [0.29, 0.717) is 39.3 Å². The first-order valence-electron chi connectivity index (χ1n) is 7.29. The molecule has 24 heavy (non-hydrogen) atoms. The zero-order valence-corrected chi connectivity index (χ0v) is 16.0. The van der Waals surface area contributed by atoms with Crippen molar-refractivity contribution < 1.29 is 14.6 Å². The summed E-state index contributed by atoms with van der Waals surface area (Å²) in [5, 5.41) is 21.3. The third-order valence-corrected chi connectivity index (χ3v) is 5.75. The van der Waals surface area contributed by atoms with E-state index in [0.717, 1.165) is 5.56 Å². The summed E-state index contributed by atoms with van der Waals surface area (Å²) in [6.07, 6.45) is 2.85. The van der Waals surface area contributed by atoms with Crippen LogP contribution in [0.3, 0.4) is 0 Å². The van der Waals surface area contributed by atoms with E-state index in [9.17, 15) is 14.6 Å². The average molecular weight is 434 g/mol. The molecule has 0 amide bonds. The fourth-order valence-corrected chi connectivity index (χ4v) is 4.11. The molecule has 1 unspecified atom stereocenters. The summed E-state index contributed by atoms with van der Waals surface area (Å²) < 4.78 is 14.9. The summed E-state index contributed by atoms with van der Waals surface area (Å²) in [5.41, 5.74) is 0.499. The van der Waals surface area contributed by atoms with Crippen LogP contribution in [0.1, 0.15) is 28.8 Å². The summed E-state index contributed by atoms with van der Waals surface area (Å²) in [7, 11) is 0. The Hall–Kier alpha value is -0.730. The minimum Gasteiger partial charge on any atom is -0.391 e. The van der Waals surface area contributed by atoms with Gasteiger partial charge in [-0.15, -0.1) is 0 Å². The van der Waals surface area contributed by atoms with Crippen molar-refractivity contribution in [2.24, 2.45) is 0 Å². The number of rotatable bonds is 4. The molecule has 0 aliphatic heterocycles. The number of aliphatic hydroxyl groups is 2. The molecular formula is C16H15BrClFN2O2S. The predicted octanol–water partition coefficient (Wildman–Crippen LogP) is 3.62. The molecule has 2 aromatic rings. The van der Waals surface area contributed by atoms with Gasteiger partial charge in [-0.3, -0.25) is 0 Å². The third-order valence-electron chi connectivity index (χ3n) is 4.28. The second-order valence-corrected chi connectivity index (χ2v) is 7.67. The minimum absolute atomic E-state index is 0.0685. The van der Waals surface area contributed by atoms with Crippen molar-refractivity contribution >= 4 is 39.3 Å². The Morgan fingerprint density at radius 2 is 2.17 bits per heavy atom. The van der Waals surface area contributed by atoms with Crippen molar-refractivity contribution in [1.82, 2.24) is 9.97 Å². The molecule has 3 rings (SSSR count). The number of hydrogen-bond acceptors (Lipinski definition) is 5. The van der Waals surface area contributed by atoms with Gasteiger partial charge in [0.2, 0.25) is 0 Å². The summed E-state index contributed by atoms with van der Waals surface area (Å²) in [6.45, 7) is -0.341. The highest BCUT2D eigenvalue weighted by atomic mass is 79.9. The van der Waals surface area contributed by atoms with E-state index in [4.69, 9.17) is 11.6 Å². The summed E-state index contributed by atoms with van der Waals surface area (Å²) >= 11 is 10.6. The van der Waals surface area contributed by atoms with Crippen LogP contribution in [0.15, 0.2) is 21.8 Å². The van der Waals surface area contributed by atoms with Crippen LogP contribution >= 0.6 is 39.3 Å². The van der Waals surface area contributed by atoms with Crippen LogP contribution in [-0.2, 0) is 25.0 Å². The van der Waals surface area contributed by atoms with Gasteiger partial charge in [0.15, 0.2) is 5.16 Å². The highest BCUT2D eigenvalue weighted by Crippen LogP contribution is 2.43. The largest absolute Gasteiger partial charge is 0.391 e. The van der Waals surface area contributed by atoms with Gasteiger partial charge in [0.1, 0.15) is 11.0 Å². The van der Waals surface area contributed by atoms with Gasteiger partial charge in [0, 0.05) is 17.5 Å². The Bertz CT molecular complexity index is 808. The Morgan fingerprint density at radius 3 is 2.83 bits per heavy atom. The van der Waals surface area contributed by atoms with Gasteiger partial charge in [0.05, 0.1) is 22.4 Å². The van der Waals surface area contributed by atoms with Gasteiger partial charge in [-0.2, -0.15) is 0 Å². The maximum Gasteiger partial charge on any atom is 0.188 e. The first-order valence-corrected chi connectivity index (χ1v) is 9.69. The van der Waals surface area contributed by atoms with E-state index in [-0.39, 0.29) is 18.2 Å². The highest BCUT2D eigenvalue weighted by Gasteiger charge is 2.41. The molecule has 1 aromatic carbocycles. The van der Waals surface area contributed by atoms with Crippen LogP contribution in [0.2, 0.25) is 5.15 Å². The average Bonchev–Trinajstić information content (AvgIpc) is 2.88. The summed E-state index contributed by atoms with van der Waals surface area (Å²) in [4.78, 5) is 8.46. The van der Waals surface area contributed by atoms with E-state index in [1.54, 1.807) is 6.07 Å². The van der Waals surface area contributed by atoms with E-state index < -0.39 is 11.4 Å². The van der Waals surface area contributed by atoms with Crippen molar-refractivity contribution in [3.8, 4) is 0 Å². The van der Waals surface area contributed by atoms with Crippen LogP contribution in [0.4, 0.5) is 4.39 Å². The van der Waals surface area contributed by atoms with E-state index in [1.807, 2.05) is 12.3 Å². The molecule has 0 bridgehead atoms. The molecule has 0 saturated heterocycles. The lowest BCUT2D eigenvalue weighted by molar-refractivity contribution is 0.0339. The molecule has 2 N–H and O–H groups in total. The molecule has 0 spiro atoms. The number of aryl methyl sites for hydroxylation is 1. The lowest BCUT2D eigenvalue weighted by Crippen LogP contribution is -2.28. The Labute approximate surface area is 156 Å². The van der Waals surface area contributed by atoms with Crippen LogP contribution in [0, 0.1) is 5.82 Å². The Morgan fingerprint density at radius 1 is 1.42 bits per heavy atom. The second kappa shape index (κ2) is 6.88. The van der Waals surface area contributed by atoms with Crippen LogP contribution in [0.25, 0.3) is 0 Å². The monoisotopic (exact) mass is 432 g/mol. The maximum absolute atomic E-state index is 14.6. The molecule has 1 aliphatic rings. The number of fused-ring (bicyclic) bond motifs is 1. The summed E-state index contributed by atoms with van der Waals surface area (Å²) in [5.74, 6) is -0.455. The standard InChI is InChI=1S/C16H15BrClFN2O2S/c1-24-15-20-11(9(7-22)14(18)21-15)6-16(23)5-4-8-2-3-10(17)13(19)12(8)16/h2-3,22-23H,4-7H2,1H3. The number of aliphatic hydroxyl groups excluding tert-OH is 1. The van der Waals surface area contributed by atoms with E-state index in [2.05, 4.69) is 25.9 Å². The number of thioether (sulfide) groups is 1. The lowest BCUT2D eigenvalue weighted by atomic mass is 9.89. The zero-order chi connectivity index (χ0) is 17.5. The molecule has 128 valence electrons. The van der Waals surface area contributed by atoms with Crippen molar-refractivity contribution in [3.05, 3.63) is 50.0 Å². The molecule has 0 saturated carbocycles. The van der Waals surface area contributed by atoms with Gasteiger partial charge in [0.25, 0.3) is 0 Å². The molecule has 0 radical (unpaired) electrons. The molecule has 4 nitrogen and oxygen atoms in total. The zero-order valence-electron chi connectivity index (χ0n) is 12.8. The second-order valence-electron chi connectivity index (χ2n) is 5.69. The molecule has 0 fully saturated rings. The van der Waals surface area contributed by atoms with Gasteiger partial charge in [-0.1, -0.05) is 29.4 Å². The number of hydrogen-bond donors (Lipinski definition) is 2. The van der Waals surface area contributed by atoms with E-state index >= 15 is 0 Å². The molecule has 1 heterocycles. The van der Waals surface area contributed by atoms with Crippen molar-refractivity contribution in [3.63, 3.8) is 0 Å². The SMILES string of the molecule is CSc1nc(Cl)c(CO)c(CC2(O)CCc3ccc(Br)c(F)c32)n1. The Kier molecular flexibility index (Phi) is 5.18. The van der Waals surface area contributed by atoms with Gasteiger partial charge < -0.3 is 10.2 Å². The fourth-order valence-electron chi connectivity index (χ4n) is 3.09. The van der Waals surface area contributed by atoms with Gasteiger partial charge in [-0.05, 0) is 46.7 Å². The normalized spacial score (nSPS) is 19.6. The van der Waals surface area contributed by atoms with Crippen molar-refractivity contribution in [1.29, 1.82) is 0 Å². The van der Waals surface area contributed by atoms with Crippen LogP contribution in [0.5, 0.6) is 0 Å². The first-order chi connectivity index (χ1) is 11.4. The van der Waals surface area contributed by atoms with Crippen molar-refractivity contribution in [2.45, 2.75) is 36.6 Å². The summed E-state index contributed by atoms with van der Waals surface area (Å²) in [6, 6.07) is 3.46. The Balaban J connectivity index is 2.08. The molecule has 8 heteroatoms. The minimum atomic E-state index is -1.39. The number of benzene rings is 1. The smallest absolute Gasteiger partial charge is 0.188 e. The maximum atomic E-state index is 14.6. The number of aromatic nitrogens is 2.